The average molecular weight is 297 g/mol. The fourth-order valence-corrected chi connectivity index (χ4v) is 1.43. The normalized spacial score (nSPS) is 10.8. The first kappa shape index (κ1) is 12.0. The molecule has 0 aliphatic carbocycles. The summed E-state index contributed by atoms with van der Waals surface area (Å²) in [6, 6.07) is 4.15. The van der Waals surface area contributed by atoms with Gasteiger partial charge in [0.15, 0.2) is 0 Å². The second-order valence-electron chi connectivity index (χ2n) is 4.06. The van der Waals surface area contributed by atoms with Crippen LogP contribution in [0.1, 0.15) is 13.8 Å². The van der Waals surface area contributed by atoms with Gasteiger partial charge in [0, 0.05) is 17.2 Å². The second kappa shape index (κ2) is 5.27. The van der Waals surface area contributed by atoms with Gasteiger partial charge in [-0.2, -0.15) is 4.98 Å². The lowest BCUT2D eigenvalue weighted by molar-refractivity contribution is 0.429. The largest absolute Gasteiger partial charge is 0.337 e. The minimum Gasteiger partial charge on any atom is -0.337 e. The number of halogens is 1. The first-order valence-corrected chi connectivity index (χ1v) is 6.14. The van der Waals surface area contributed by atoms with Crippen LogP contribution in [-0.4, -0.2) is 21.7 Å². The number of nitrogens with one attached hydrogen (secondary N) is 1. The molecule has 17 heavy (non-hydrogen) atoms. The van der Waals surface area contributed by atoms with Crippen LogP contribution in [0.3, 0.4) is 0 Å². The SMILES string of the molecule is CC(C)CNc1nc(-c2ccc(Br)cn2)no1. The summed E-state index contributed by atoms with van der Waals surface area (Å²) in [5.74, 6) is 1.01. The van der Waals surface area contributed by atoms with Gasteiger partial charge in [-0.3, -0.25) is 4.98 Å². The molecule has 0 fully saturated rings. The van der Waals surface area contributed by atoms with E-state index in [2.05, 4.69) is 50.2 Å². The van der Waals surface area contributed by atoms with Gasteiger partial charge < -0.3 is 9.84 Å². The van der Waals surface area contributed by atoms with E-state index in [1.807, 2.05) is 12.1 Å². The summed E-state index contributed by atoms with van der Waals surface area (Å²) in [7, 11) is 0. The van der Waals surface area contributed by atoms with Crippen molar-refractivity contribution >= 4 is 21.9 Å². The lowest BCUT2D eigenvalue weighted by atomic mass is 10.2. The molecule has 0 aromatic carbocycles. The molecule has 0 atom stereocenters. The first-order valence-electron chi connectivity index (χ1n) is 5.34. The van der Waals surface area contributed by atoms with Crippen LogP contribution in [0.2, 0.25) is 0 Å². The van der Waals surface area contributed by atoms with E-state index in [0.29, 0.717) is 23.5 Å². The fourth-order valence-electron chi connectivity index (χ4n) is 1.20. The number of hydrogen-bond donors (Lipinski definition) is 1. The summed E-state index contributed by atoms with van der Waals surface area (Å²) in [6.07, 6.45) is 1.70. The highest BCUT2D eigenvalue weighted by molar-refractivity contribution is 9.10. The van der Waals surface area contributed by atoms with E-state index in [0.717, 1.165) is 11.0 Å². The molecule has 0 saturated heterocycles. The van der Waals surface area contributed by atoms with Gasteiger partial charge in [-0.05, 0) is 34.0 Å². The third-order valence-corrected chi connectivity index (χ3v) is 2.51. The lowest BCUT2D eigenvalue weighted by Gasteiger charge is -2.02. The van der Waals surface area contributed by atoms with Crippen molar-refractivity contribution in [2.45, 2.75) is 13.8 Å². The number of pyridine rings is 1. The van der Waals surface area contributed by atoms with Crippen LogP contribution in [0, 0.1) is 5.92 Å². The van der Waals surface area contributed by atoms with Gasteiger partial charge in [-0.1, -0.05) is 19.0 Å². The Balaban J connectivity index is 2.10. The summed E-state index contributed by atoms with van der Waals surface area (Å²) >= 11 is 3.32. The molecule has 90 valence electrons. The summed E-state index contributed by atoms with van der Waals surface area (Å²) < 4.78 is 6.00. The number of hydrogen-bond acceptors (Lipinski definition) is 5. The highest BCUT2D eigenvalue weighted by atomic mass is 79.9. The standard InChI is InChI=1S/C11H13BrN4O/c1-7(2)5-14-11-15-10(16-17-11)9-4-3-8(12)6-13-9/h3-4,6-7H,5H2,1-2H3,(H,14,15,16). The predicted octanol–water partition coefficient (Wildman–Crippen LogP) is 2.96. The Morgan fingerprint density at radius 1 is 1.41 bits per heavy atom. The van der Waals surface area contributed by atoms with Gasteiger partial charge in [0.05, 0.1) is 0 Å². The van der Waals surface area contributed by atoms with Crippen molar-refractivity contribution < 1.29 is 4.52 Å². The molecule has 2 aromatic rings. The van der Waals surface area contributed by atoms with Crippen molar-refractivity contribution in [1.29, 1.82) is 0 Å². The molecule has 0 aliphatic heterocycles. The van der Waals surface area contributed by atoms with E-state index < -0.39 is 0 Å². The van der Waals surface area contributed by atoms with E-state index in [1.54, 1.807) is 6.20 Å². The highest BCUT2D eigenvalue weighted by Gasteiger charge is 2.09. The summed E-state index contributed by atoms with van der Waals surface area (Å²) in [6.45, 7) is 5.02. The molecule has 0 spiro atoms. The Morgan fingerprint density at radius 3 is 2.88 bits per heavy atom. The van der Waals surface area contributed by atoms with Crippen molar-refractivity contribution in [2.24, 2.45) is 5.92 Å². The molecule has 0 radical (unpaired) electrons. The van der Waals surface area contributed by atoms with Gasteiger partial charge in [0.25, 0.3) is 0 Å². The Hall–Kier alpha value is -1.43. The zero-order chi connectivity index (χ0) is 12.3. The number of rotatable bonds is 4. The van der Waals surface area contributed by atoms with Crippen LogP contribution in [0.5, 0.6) is 0 Å². The molecule has 0 saturated carbocycles. The zero-order valence-electron chi connectivity index (χ0n) is 9.64. The second-order valence-corrected chi connectivity index (χ2v) is 4.98. The predicted molar refractivity (Wildman–Crippen MR) is 68.6 cm³/mol. The summed E-state index contributed by atoms with van der Waals surface area (Å²) in [5, 5.41) is 6.94. The van der Waals surface area contributed by atoms with Crippen molar-refractivity contribution in [1.82, 2.24) is 15.1 Å². The first-order chi connectivity index (χ1) is 8.15. The number of anilines is 1. The van der Waals surface area contributed by atoms with Crippen LogP contribution >= 0.6 is 15.9 Å². The molecular formula is C11H13BrN4O. The monoisotopic (exact) mass is 296 g/mol. The molecule has 2 heterocycles. The van der Waals surface area contributed by atoms with Crippen LogP contribution < -0.4 is 5.32 Å². The molecule has 2 aromatic heterocycles. The fraction of sp³-hybridized carbons (Fsp3) is 0.364. The van der Waals surface area contributed by atoms with Crippen LogP contribution in [0.4, 0.5) is 6.01 Å². The third-order valence-electron chi connectivity index (χ3n) is 2.04. The van der Waals surface area contributed by atoms with Crippen LogP contribution in [0.25, 0.3) is 11.5 Å². The highest BCUT2D eigenvalue weighted by Crippen LogP contribution is 2.17. The third kappa shape index (κ3) is 3.26. The molecule has 0 amide bonds. The Kier molecular flexibility index (Phi) is 3.73. The molecule has 5 nitrogen and oxygen atoms in total. The van der Waals surface area contributed by atoms with Crippen LogP contribution in [0.15, 0.2) is 27.3 Å². The molecule has 0 aliphatic rings. The minimum absolute atomic E-state index is 0.429. The maximum atomic E-state index is 5.08. The maximum Gasteiger partial charge on any atom is 0.321 e. The molecular weight excluding hydrogens is 284 g/mol. The van der Waals surface area contributed by atoms with E-state index in [4.69, 9.17) is 4.52 Å². The van der Waals surface area contributed by atoms with Crippen molar-refractivity contribution in [3.8, 4) is 11.5 Å². The zero-order valence-corrected chi connectivity index (χ0v) is 11.2. The average Bonchev–Trinajstić information content (AvgIpc) is 2.76. The minimum atomic E-state index is 0.429. The van der Waals surface area contributed by atoms with E-state index in [9.17, 15) is 0 Å². The smallest absolute Gasteiger partial charge is 0.321 e. The van der Waals surface area contributed by atoms with Gasteiger partial charge in [0.1, 0.15) is 5.69 Å². The summed E-state index contributed by atoms with van der Waals surface area (Å²) in [5.41, 5.74) is 0.689. The number of nitrogens with zero attached hydrogens (tertiary/aromatic N) is 3. The van der Waals surface area contributed by atoms with Gasteiger partial charge in [-0.25, -0.2) is 0 Å². The Labute approximate surface area is 108 Å². The quantitative estimate of drug-likeness (QED) is 0.940. The Morgan fingerprint density at radius 2 is 2.24 bits per heavy atom. The molecule has 2 rings (SSSR count). The topological polar surface area (TPSA) is 63.8 Å². The van der Waals surface area contributed by atoms with Crippen molar-refractivity contribution in [2.75, 3.05) is 11.9 Å². The molecule has 6 heteroatoms. The van der Waals surface area contributed by atoms with E-state index in [-0.39, 0.29) is 0 Å². The van der Waals surface area contributed by atoms with Gasteiger partial charge in [0.2, 0.25) is 5.82 Å². The molecule has 0 bridgehead atoms. The van der Waals surface area contributed by atoms with E-state index in [1.165, 1.54) is 0 Å². The van der Waals surface area contributed by atoms with Crippen molar-refractivity contribution in [3.63, 3.8) is 0 Å². The molecule has 0 unspecified atom stereocenters. The maximum absolute atomic E-state index is 5.08. The summed E-state index contributed by atoms with van der Waals surface area (Å²) in [4.78, 5) is 8.41. The van der Waals surface area contributed by atoms with Crippen molar-refractivity contribution in [3.05, 3.63) is 22.8 Å². The number of aromatic nitrogens is 3. The lowest BCUT2D eigenvalue weighted by Crippen LogP contribution is -2.07. The van der Waals surface area contributed by atoms with E-state index >= 15 is 0 Å². The van der Waals surface area contributed by atoms with Gasteiger partial charge >= 0.3 is 6.01 Å². The molecule has 1 N–H and O–H groups in total. The van der Waals surface area contributed by atoms with Gasteiger partial charge in [-0.15, -0.1) is 0 Å². The Bertz CT molecular complexity index is 480. The van der Waals surface area contributed by atoms with Crippen LogP contribution in [-0.2, 0) is 0 Å².